The summed E-state index contributed by atoms with van der Waals surface area (Å²) >= 11 is 4.34. The molecule has 0 N–H and O–H groups in total. The molecule has 1 aromatic carbocycles. The zero-order valence-electron chi connectivity index (χ0n) is 11.9. The van der Waals surface area contributed by atoms with Gasteiger partial charge >= 0.3 is 0 Å². The van der Waals surface area contributed by atoms with Crippen LogP contribution in [0.4, 0.5) is 0 Å². The lowest BCUT2D eigenvalue weighted by atomic mass is 10.0. The number of carbonyl (C=O) groups is 1. The maximum absolute atomic E-state index is 12.6. The van der Waals surface area contributed by atoms with Gasteiger partial charge in [-0.05, 0) is 37.5 Å². The second-order valence-electron chi connectivity index (χ2n) is 5.56. The van der Waals surface area contributed by atoms with Crippen LogP contribution < -0.4 is 0 Å². The quantitative estimate of drug-likeness (QED) is 0.638. The van der Waals surface area contributed by atoms with E-state index in [9.17, 15) is 4.79 Å². The zero-order valence-corrected chi connectivity index (χ0v) is 12.7. The lowest BCUT2D eigenvalue weighted by Crippen LogP contribution is -2.37. The fourth-order valence-electron chi connectivity index (χ4n) is 2.84. The third-order valence-electron chi connectivity index (χ3n) is 4.14. The van der Waals surface area contributed by atoms with Gasteiger partial charge in [0.25, 0.3) is 5.91 Å². The van der Waals surface area contributed by atoms with E-state index in [2.05, 4.69) is 12.6 Å². The van der Waals surface area contributed by atoms with Gasteiger partial charge in [0.15, 0.2) is 0 Å². The van der Waals surface area contributed by atoms with Crippen molar-refractivity contribution in [2.75, 3.05) is 7.05 Å². The monoisotopic (exact) mass is 277 g/mol. The first-order valence-corrected chi connectivity index (χ1v) is 7.61. The first kappa shape index (κ1) is 14.4. The molecule has 2 nitrogen and oxygen atoms in total. The van der Waals surface area contributed by atoms with E-state index in [0.717, 1.165) is 28.9 Å². The summed E-state index contributed by atoms with van der Waals surface area (Å²) < 4.78 is 0. The molecule has 0 unspecified atom stereocenters. The molecule has 1 saturated carbocycles. The summed E-state index contributed by atoms with van der Waals surface area (Å²) in [5.41, 5.74) is 1.82. The molecule has 1 amide bonds. The van der Waals surface area contributed by atoms with Crippen LogP contribution in [-0.4, -0.2) is 23.9 Å². The second kappa shape index (κ2) is 6.47. The Labute approximate surface area is 121 Å². The molecule has 0 spiro atoms. The molecule has 1 fully saturated rings. The van der Waals surface area contributed by atoms with Crippen molar-refractivity contribution in [2.24, 2.45) is 0 Å². The van der Waals surface area contributed by atoms with E-state index in [1.165, 1.54) is 25.7 Å². The van der Waals surface area contributed by atoms with Crippen molar-refractivity contribution in [2.45, 2.75) is 56.4 Å². The first-order valence-electron chi connectivity index (χ1n) is 7.16. The summed E-state index contributed by atoms with van der Waals surface area (Å²) in [5, 5.41) is 0. The van der Waals surface area contributed by atoms with Crippen molar-refractivity contribution in [1.29, 1.82) is 0 Å². The van der Waals surface area contributed by atoms with Crippen LogP contribution in [0.1, 0.15) is 54.4 Å². The van der Waals surface area contributed by atoms with Crippen molar-refractivity contribution in [1.82, 2.24) is 4.90 Å². The zero-order chi connectivity index (χ0) is 13.8. The number of nitrogens with zero attached hydrogens (tertiary/aromatic N) is 1. The summed E-state index contributed by atoms with van der Waals surface area (Å²) in [4.78, 5) is 15.4. The molecule has 0 bridgehead atoms. The maximum atomic E-state index is 12.6. The first-order chi connectivity index (χ1) is 9.09. The van der Waals surface area contributed by atoms with Gasteiger partial charge in [-0.1, -0.05) is 31.7 Å². The number of hydrogen-bond donors (Lipinski definition) is 1. The standard InChI is InChI=1S/C16H23NOS/c1-12-9-10-14(19)11-15(12)16(18)17(2)13-7-5-3-4-6-8-13/h9-11,13,19H,3-8H2,1-2H3. The van der Waals surface area contributed by atoms with Gasteiger partial charge in [0.2, 0.25) is 0 Å². The third-order valence-corrected chi connectivity index (χ3v) is 4.42. The van der Waals surface area contributed by atoms with Crippen LogP contribution in [0.3, 0.4) is 0 Å². The van der Waals surface area contributed by atoms with E-state index in [0.29, 0.717) is 6.04 Å². The molecule has 2 rings (SSSR count). The molecule has 0 aromatic heterocycles. The largest absolute Gasteiger partial charge is 0.339 e. The molecule has 1 aliphatic rings. The highest BCUT2D eigenvalue weighted by Gasteiger charge is 2.23. The van der Waals surface area contributed by atoms with Crippen LogP contribution in [0.2, 0.25) is 0 Å². The van der Waals surface area contributed by atoms with Crippen LogP contribution in [0.25, 0.3) is 0 Å². The van der Waals surface area contributed by atoms with Crippen molar-refractivity contribution >= 4 is 18.5 Å². The molecule has 0 aliphatic heterocycles. The smallest absolute Gasteiger partial charge is 0.254 e. The van der Waals surface area contributed by atoms with Crippen LogP contribution >= 0.6 is 12.6 Å². The van der Waals surface area contributed by atoms with E-state index >= 15 is 0 Å². The van der Waals surface area contributed by atoms with Crippen LogP contribution in [0, 0.1) is 6.92 Å². The number of amides is 1. The van der Waals surface area contributed by atoms with Gasteiger partial charge in [-0.25, -0.2) is 0 Å². The highest BCUT2D eigenvalue weighted by molar-refractivity contribution is 7.80. The minimum atomic E-state index is 0.139. The molecule has 19 heavy (non-hydrogen) atoms. The number of aryl methyl sites for hydroxylation is 1. The average Bonchev–Trinajstić information content (AvgIpc) is 2.69. The summed E-state index contributed by atoms with van der Waals surface area (Å²) in [6, 6.07) is 6.18. The molecule has 1 aromatic rings. The third kappa shape index (κ3) is 3.53. The lowest BCUT2D eigenvalue weighted by molar-refractivity contribution is 0.0716. The van der Waals surface area contributed by atoms with Crippen LogP contribution in [0.5, 0.6) is 0 Å². The van der Waals surface area contributed by atoms with E-state index in [1.807, 2.05) is 37.1 Å². The number of thiol groups is 1. The SMILES string of the molecule is Cc1ccc(S)cc1C(=O)N(C)C1CCCCCC1. The van der Waals surface area contributed by atoms with Crippen molar-refractivity contribution in [3.8, 4) is 0 Å². The van der Waals surface area contributed by atoms with Gasteiger partial charge in [0.1, 0.15) is 0 Å². The Morgan fingerprint density at radius 3 is 2.47 bits per heavy atom. The Hall–Kier alpha value is -0.960. The minimum absolute atomic E-state index is 0.139. The average molecular weight is 277 g/mol. The van der Waals surface area contributed by atoms with Gasteiger partial charge in [0, 0.05) is 23.5 Å². The summed E-state index contributed by atoms with van der Waals surface area (Å²) in [6.45, 7) is 1.99. The van der Waals surface area contributed by atoms with E-state index in [-0.39, 0.29) is 5.91 Å². The number of hydrogen-bond acceptors (Lipinski definition) is 2. The normalized spacial score (nSPS) is 17.0. The number of rotatable bonds is 2. The fourth-order valence-corrected chi connectivity index (χ4v) is 3.04. The van der Waals surface area contributed by atoms with Gasteiger partial charge in [-0.15, -0.1) is 12.6 Å². The summed E-state index contributed by atoms with van der Waals surface area (Å²) in [5.74, 6) is 0.139. The van der Waals surface area contributed by atoms with Crippen molar-refractivity contribution in [3.63, 3.8) is 0 Å². The molecule has 0 radical (unpaired) electrons. The molecule has 104 valence electrons. The maximum Gasteiger partial charge on any atom is 0.254 e. The summed E-state index contributed by atoms with van der Waals surface area (Å²) in [6.07, 6.45) is 7.39. The molecular weight excluding hydrogens is 254 g/mol. The lowest BCUT2D eigenvalue weighted by Gasteiger charge is -2.28. The molecule has 0 saturated heterocycles. The highest BCUT2D eigenvalue weighted by Crippen LogP contribution is 2.23. The van der Waals surface area contributed by atoms with E-state index < -0.39 is 0 Å². The Balaban J connectivity index is 2.15. The van der Waals surface area contributed by atoms with Crippen LogP contribution in [-0.2, 0) is 0 Å². The van der Waals surface area contributed by atoms with Gasteiger partial charge in [-0.2, -0.15) is 0 Å². The Kier molecular flexibility index (Phi) is 4.92. The van der Waals surface area contributed by atoms with Crippen molar-refractivity contribution < 1.29 is 4.79 Å². The predicted octanol–water partition coefficient (Wildman–Crippen LogP) is 4.08. The second-order valence-corrected chi connectivity index (χ2v) is 6.08. The predicted molar refractivity (Wildman–Crippen MR) is 82.0 cm³/mol. The number of carbonyl (C=O) groups excluding carboxylic acids is 1. The molecule has 0 atom stereocenters. The Morgan fingerprint density at radius 2 is 1.84 bits per heavy atom. The van der Waals surface area contributed by atoms with E-state index in [4.69, 9.17) is 0 Å². The highest BCUT2D eigenvalue weighted by atomic mass is 32.1. The fraction of sp³-hybridized carbons (Fsp3) is 0.562. The van der Waals surface area contributed by atoms with Gasteiger partial charge in [0.05, 0.1) is 0 Å². The van der Waals surface area contributed by atoms with Crippen molar-refractivity contribution in [3.05, 3.63) is 29.3 Å². The van der Waals surface area contributed by atoms with Gasteiger partial charge in [-0.3, -0.25) is 4.79 Å². The summed E-state index contributed by atoms with van der Waals surface area (Å²) in [7, 11) is 1.95. The molecule has 0 heterocycles. The number of benzene rings is 1. The Morgan fingerprint density at radius 1 is 1.21 bits per heavy atom. The van der Waals surface area contributed by atoms with Crippen LogP contribution in [0.15, 0.2) is 23.1 Å². The van der Waals surface area contributed by atoms with Gasteiger partial charge < -0.3 is 4.90 Å². The molecule has 1 aliphatic carbocycles. The minimum Gasteiger partial charge on any atom is -0.339 e. The van der Waals surface area contributed by atoms with E-state index in [1.54, 1.807) is 0 Å². The Bertz CT molecular complexity index is 450. The topological polar surface area (TPSA) is 20.3 Å². The molecular formula is C16H23NOS. The molecule has 3 heteroatoms.